The van der Waals surface area contributed by atoms with E-state index in [0.29, 0.717) is 0 Å². The van der Waals surface area contributed by atoms with E-state index in [2.05, 4.69) is 55.5 Å². The average molecular weight is 356 g/mol. The van der Waals surface area contributed by atoms with Crippen LogP contribution in [0.15, 0.2) is 48.6 Å². The Morgan fingerprint density at radius 2 is 1.56 bits per heavy atom. The number of aryl methyl sites for hydroxylation is 1. The molecule has 1 saturated heterocycles. The summed E-state index contributed by atoms with van der Waals surface area (Å²) in [5, 5.41) is 0. The minimum atomic E-state index is -0.147. The molecule has 2 aliphatic rings. The van der Waals surface area contributed by atoms with Gasteiger partial charge in [-0.05, 0) is 30.0 Å². The van der Waals surface area contributed by atoms with Crippen molar-refractivity contribution < 1.29 is 4.74 Å². The summed E-state index contributed by atoms with van der Waals surface area (Å²) in [6, 6.07) is 8.85. The fourth-order valence-electron chi connectivity index (χ4n) is 3.73. The van der Waals surface area contributed by atoms with Gasteiger partial charge in [0.25, 0.3) is 0 Å². The van der Waals surface area contributed by atoms with Crippen LogP contribution < -0.4 is 0 Å². The number of allylic oxidation sites excluding steroid dienone is 2. The Hall–Kier alpha value is 0.660. The Bertz CT molecular complexity index is 567. The molecule has 1 nitrogen and oxygen atoms in total. The standard InChI is InChI=1S/C22H30O.2Na/c1-2-3-4-5-6-7-8-9-14-19-15-10-11-16-20(19)22-18-13-12-17-21(22)23-22;;/h10-13,15-18,21H,2-9,14H2,1H3;;. The molecule has 0 aromatic heterocycles. The Labute approximate surface area is 198 Å². The van der Waals surface area contributed by atoms with Gasteiger partial charge in [-0.1, -0.05) is 94.4 Å². The number of benzene rings is 1. The Balaban J connectivity index is 0.00000156. The van der Waals surface area contributed by atoms with Gasteiger partial charge in [-0.2, -0.15) is 0 Å². The van der Waals surface area contributed by atoms with Gasteiger partial charge in [0.05, 0.1) is 0 Å². The van der Waals surface area contributed by atoms with Crippen molar-refractivity contribution in [2.24, 2.45) is 0 Å². The SMILES string of the molecule is CCCCCCCCCCc1ccccc1C12C=CC=CC1O2.[Na].[Na]. The topological polar surface area (TPSA) is 12.5 Å². The molecule has 0 saturated carbocycles. The summed E-state index contributed by atoms with van der Waals surface area (Å²) in [7, 11) is 0. The van der Waals surface area contributed by atoms with Crippen LogP contribution in [0.25, 0.3) is 0 Å². The van der Waals surface area contributed by atoms with Crippen LogP contribution in [0.1, 0.15) is 69.4 Å². The molecule has 2 atom stereocenters. The van der Waals surface area contributed by atoms with Crippen molar-refractivity contribution in [3.05, 3.63) is 59.7 Å². The summed E-state index contributed by atoms with van der Waals surface area (Å²) in [5.41, 5.74) is 2.71. The first-order valence-electron chi connectivity index (χ1n) is 9.49. The molecule has 2 unspecified atom stereocenters. The Morgan fingerprint density at radius 1 is 0.880 bits per heavy atom. The molecule has 3 rings (SSSR count). The van der Waals surface area contributed by atoms with Gasteiger partial charge in [0, 0.05) is 59.1 Å². The van der Waals surface area contributed by atoms with E-state index in [1.54, 1.807) is 0 Å². The molecule has 2 radical (unpaired) electrons. The minimum absolute atomic E-state index is 0. The van der Waals surface area contributed by atoms with E-state index in [1.165, 1.54) is 68.9 Å². The summed E-state index contributed by atoms with van der Waals surface area (Å²) >= 11 is 0. The monoisotopic (exact) mass is 356 g/mol. The van der Waals surface area contributed by atoms with Gasteiger partial charge in [-0.15, -0.1) is 0 Å². The summed E-state index contributed by atoms with van der Waals surface area (Å²) in [6.45, 7) is 2.28. The molecule has 0 spiro atoms. The molecule has 3 heteroatoms. The van der Waals surface area contributed by atoms with E-state index in [0.717, 1.165) is 0 Å². The van der Waals surface area contributed by atoms with E-state index in [-0.39, 0.29) is 70.8 Å². The summed E-state index contributed by atoms with van der Waals surface area (Å²) < 4.78 is 6.00. The number of hydrogen-bond acceptors (Lipinski definition) is 1. The third kappa shape index (κ3) is 6.35. The van der Waals surface area contributed by atoms with Crippen LogP contribution in [0.5, 0.6) is 0 Å². The van der Waals surface area contributed by atoms with Crippen LogP contribution in [0.3, 0.4) is 0 Å². The molecule has 1 heterocycles. The largest absolute Gasteiger partial charge is 0.352 e. The van der Waals surface area contributed by atoms with Crippen molar-refractivity contribution in [3.63, 3.8) is 0 Å². The summed E-state index contributed by atoms with van der Waals surface area (Å²) in [5.74, 6) is 0. The maximum absolute atomic E-state index is 6.00. The zero-order chi connectivity index (χ0) is 16.0. The van der Waals surface area contributed by atoms with Crippen LogP contribution in [0.2, 0.25) is 0 Å². The number of ether oxygens (including phenoxy) is 1. The van der Waals surface area contributed by atoms with E-state index in [4.69, 9.17) is 4.74 Å². The van der Waals surface area contributed by atoms with Crippen molar-refractivity contribution in [1.29, 1.82) is 0 Å². The maximum Gasteiger partial charge on any atom is 0.142 e. The number of fused-ring (bicyclic) bond motifs is 1. The zero-order valence-electron chi connectivity index (χ0n) is 16.5. The van der Waals surface area contributed by atoms with Gasteiger partial charge in [0.15, 0.2) is 0 Å². The first kappa shape index (κ1) is 23.7. The molecular formula is C22H30Na2O. The Kier molecular flexibility index (Phi) is 11.6. The van der Waals surface area contributed by atoms with Crippen molar-refractivity contribution in [2.45, 2.75) is 76.4 Å². The second-order valence-corrected chi connectivity index (χ2v) is 6.96. The molecule has 1 aromatic rings. The van der Waals surface area contributed by atoms with Crippen LogP contribution in [-0.2, 0) is 16.8 Å². The zero-order valence-corrected chi connectivity index (χ0v) is 20.5. The molecule has 25 heavy (non-hydrogen) atoms. The molecular weight excluding hydrogens is 326 g/mol. The summed E-state index contributed by atoms with van der Waals surface area (Å²) in [4.78, 5) is 0. The first-order chi connectivity index (χ1) is 11.4. The fourth-order valence-corrected chi connectivity index (χ4v) is 3.73. The number of unbranched alkanes of at least 4 members (excludes halogenated alkanes) is 7. The third-order valence-electron chi connectivity index (χ3n) is 5.17. The van der Waals surface area contributed by atoms with E-state index in [1.807, 2.05) is 0 Å². The van der Waals surface area contributed by atoms with Crippen molar-refractivity contribution in [2.75, 3.05) is 0 Å². The van der Waals surface area contributed by atoms with Gasteiger partial charge in [-0.25, -0.2) is 0 Å². The normalized spacial score (nSPS) is 22.7. The van der Waals surface area contributed by atoms with Gasteiger partial charge < -0.3 is 4.74 Å². The van der Waals surface area contributed by atoms with Crippen LogP contribution in [-0.4, -0.2) is 65.2 Å². The molecule has 1 fully saturated rings. The van der Waals surface area contributed by atoms with Crippen molar-refractivity contribution in [1.82, 2.24) is 0 Å². The molecule has 126 valence electrons. The number of epoxide rings is 1. The molecule has 0 amide bonds. The number of hydrogen-bond donors (Lipinski definition) is 0. The maximum atomic E-state index is 6.00. The summed E-state index contributed by atoms with van der Waals surface area (Å²) in [6.07, 6.45) is 21.1. The quantitative estimate of drug-likeness (QED) is 0.314. The van der Waals surface area contributed by atoms with Gasteiger partial charge in [0.2, 0.25) is 0 Å². The van der Waals surface area contributed by atoms with Crippen LogP contribution >= 0.6 is 0 Å². The third-order valence-corrected chi connectivity index (χ3v) is 5.17. The molecule has 1 aliphatic carbocycles. The van der Waals surface area contributed by atoms with Gasteiger partial charge in [-0.3, -0.25) is 0 Å². The average Bonchev–Trinajstić information content (AvgIpc) is 3.33. The van der Waals surface area contributed by atoms with E-state index >= 15 is 0 Å². The van der Waals surface area contributed by atoms with Crippen LogP contribution in [0, 0.1) is 0 Å². The number of rotatable bonds is 10. The van der Waals surface area contributed by atoms with Crippen molar-refractivity contribution in [3.8, 4) is 0 Å². The fraction of sp³-hybridized carbons (Fsp3) is 0.545. The predicted octanol–water partition coefficient (Wildman–Crippen LogP) is 5.33. The predicted molar refractivity (Wildman–Crippen MR) is 109 cm³/mol. The Morgan fingerprint density at radius 3 is 2.28 bits per heavy atom. The first-order valence-corrected chi connectivity index (χ1v) is 9.49. The van der Waals surface area contributed by atoms with Gasteiger partial charge >= 0.3 is 0 Å². The smallest absolute Gasteiger partial charge is 0.142 e. The van der Waals surface area contributed by atoms with E-state index in [9.17, 15) is 0 Å². The van der Waals surface area contributed by atoms with E-state index < -0.39 is 0 Å². The van der Waals surface area contributed by atoms with Crippen molar-refractivity contribution >= 4 is 59.1 Å². The molecule has 1 aliphatic heterocycles. The second-order valence-electron chi connectivity index (χ2n) is 6.96. The molecule has 0 N–H and O–H groups in total. The van der Waals surface area contributed by atoms with Gasteiger partial charge in [0.1, 0.15) is 11.7 Å². The molecule has 0 bridgehead atoms. The minimum Gasteiger partial charge on any atom is -0.352 e. The second kappa shape index (κ2) is 12.2. The molecule has 1 aromatic carbocycles. The van der Waals surface area contributed by atoms with Crippen LogP contribution in [0.4, 0.5) is 0 Å².